The highest BCUT2D eigenvalue weighted by Crippen LogP contribution is 1.85. The van der Waals surface area contributed by atoms with Crippen molar-refractivity contribution in [1.82, 2.24) is 0 Å². The summed E-state index contributed by atoms with van der Waals surface area (Å²) in [6.45, 7) is -0.271. The van der Waals surface area contributed by atoms with Gasteiger partial charge in [0.1, 0.15) is 6.61 Å². The van der Waals surface area contributed by atoms with Crippen LogP contribution in [-0.2, 0) is 9.47 Å². The van der Waals surface area contributed by atoms with E-state index in [9.17, 15) is 4.79 Å². The van der Waals surface area contributed by atoms with Gasteiger partial charge >= 0.3 is 6.16 Å². The highest BCUT2D eigenvalue weighted by Gasteiger charge is 1.99. The Balaban J connectivity index is 3.06. The Morgan fingerprint density at radius 3 is 2.67 bits per heavy atom. The van der Waals surface area contributed by atoms with Gasteiger partial charge < -0.3 is 14.6 Å². The van der Waals surface area contributed by atoms with Crippen molar-refractivity contribution in [3.63, 3.8) is 0 Å². The van der Waals surface area contributed by atoms with Gasteiger partial charge in [-0.15, -0.1) is 0 Å². The molecule has 54 valence electrons. The average molecular weight is 155 g/mol. The molecule has 0 amide bonds. The molecule has 0 aromatic carbocycles. The Morgan fingerprint density at radius 2 is 2.22 bits per heavy atom. The molecule has 0 aromatic rings. The molecular weight excluding hydrogens is 147 g/mol. The molecule has 0 aliphatic rings. The van der Waals surface area contributed by atoms with E-state index in [0.717, 1.165) is 0 Å². The molecule has 0 rings (SSSR count). The fourth-order valence-electron chi connectivity index (χ4n) is 0.215. The Morgan fingerprint density at radius 1 is 1.56 bits per heavy atom. The van der Waals surface area contributed by atoms with E-state index < -0.39 is 6.16 Å². The summed E-state index contributed by atoms with van der Waals surface area (Å²) in [6.07, 6.45) is -0.862. The SMILES string of the molecule is O=C(OCCl)OCCO. The lowest BCUT2D eigenvalue weighted by atomic mass is 10.8. The van der Waals surface area contributed by atoms with E-state index in [1.165, 1.54) is 0 Å². The molecule has 0 unspecified atom stereocenters. The van der Waals surface area contributed by atoms with Gasteiger partial charge in [-0.25, -0.2) is 4.79 Å². The van der Waals surface area contributed by atoms with Crippen molar-refractivity contribution in [2.45, 2.75) is 0 Å². The number of carbonyl (C=O) groups excluding carboxylic acids is 1. The number of rotatable bonds is 3. The molecule has 0 aromatic heterocycles. The largest absolute Gasteiger partial charge is 0.509 e. The third-order valence-electron chi connectivity index (χ3n) is 0.484. The van der Waals surface area contributed by atoms with E-state index in [1.54, 1.807) is 0 Å². The minimum Gasteiger partial charge on any atom is -0.432 e. The molecule has 0 aliphatic heterocycles. The number of carbonyl (C=O) groups is 1. The maximum absolute atomic E-state index is 10.2. The normalized spacial score (nSPS) is 8.67. The van der Waals surface area contributed by atoms with Gasteiger partial charge in [-0.05, 0) is 0 Å². The Hall–Kier alpha value is -0.480. The van der Waals surface area contributed by atoms with Crippen LogP contribution in [0.2, 0.25) is 0 Å². The van der Waals surface area contributed by atoms with Crippen molar-refractivity contribution in [2.24, 2.45) is 0 Å². The number of aliphatic hydroxyl groups excluding tert-OH is 1. The van der Waals surface area contributed by atoms with Crippen LogP contribution in [0, 0.1) is 0 Å². The molecule has 5 heteroatoms. The van der Waals surface area contributed by atoms with Crippen LogP contribution in [0.5, 0.6) is 0 Å². The first-order valence-corrected chi connectivity index (χ1v) is 2.81. The van der Waals surface area contributed by atoms with Crippen molar-refractivity contribution in [3.05, 3.63) is 0 Å². The van der Waals surface area contributed by atoms with E-state index in [0.29, 0.717) is 0 Å². The minimum atomic E-state index is -0.862. The molecule has 0 heterocycles. The number of alkyl halides is 1. The van der Waals surface area contributed by atoms with Crippen LogP contribution in [-0.4, -0.2) is 30.5 Å². The Bertz CT molecular complexity index is 84.6. The molecule has 0 saturated carbocycles. The molecule has 0 spiro atoms. The second kappa shape index (κ2) is 5.65. The van der Waals surface area contributed by atoms with Crippen LogP contribution in [0.25, 0.3) is 0 Å². The third kappa shape index (κ3) is 5.39. The van der Waals surface area contributed by atoms with Crippen LogP contribution < -0.4 is 0 Å². The first-order chi connectivity index (χ1) is 4.31. The van der Waals surface area contributed by atoms with Crippen molar-refractivity contribution in [2.75, 3.05) is 19.3 Å². The van der Waals surface area contributed by atoms with Crippen molar-refractivity contribution in [1.29, 1.82) is 0 Å². The summed E-state index contributed by atoms with van der Waals surface area (Å²) in [7, 11) is 0. The van der Waals surface area contributed by atoms with Crippen LogP contribution in [0.3, 0.4) is 0 Å². The van der Waals surface area contributed by atoms with E-state index in [2.05, 4.69) is 9.47 Å². The molecular formula is C4H7ClO4. The molecule has 0 saturated heterocycles. The second-order valence-corrected chi connectivity index (χ2v) is 1.29. The molecule has 0 fully saturated rings. The van der Waals surface area contributed by atoms with Crippen molar-refractivity contribution < 1.29 is 19.4 Å². The first kappa shape index (κ1) is 8.52. The zero-order chi connectivity index (χ0) is 7.11. The number of ether oxygens (including phenoxy) is 2. The fourth-order valence-corrected chi connectivity index (χ4v) is 0.304. The van der Waals surface area contributed by atoms with Crippen LogP contribution >= 0.6 is 11.6 Å². The van der Waals surface area contributed by atoms with Gasteiger partial charge in [0.15, 0.2) is 6.07 Å². The molecule has 0 bridgehead atoms. The third-order valence-corrected chi connectivity index (χ3v) is 0.593. The van der Waals surface area contributed by atoms with E-state index in [-0.39, 0.29) is 19.3 Å². The van der Waals surface area contributed by atoms with Gasteiger partial charge in [-0.1, -0.05) is 11.6 Å². The Labute approximate surface area is 57.3 Å². The van der Waals surface area contributed by atoms with E-state index in [4.69, 9.17) is 16.7 Å². The van der Waals surface area contributed by atoms with Gasteiger partial charge in [0.25, 0.3) is 0 Å². The molecule has 0 radical (unpaired) electrons. The Kier molecular flexibility index (Phi) is 5.35. The molecule has 4 nitrogen and oxygen atoms in total. The lowest BCUT2D eigenvalue weighted by Crippen LogP contribution is -2.09. The summed E-state index contributed by atoms with van der Waals surface area (Å²) in [5, 5.41) is 8.12. The monoisotopic (exact) mass is 154 g/mol. The summed E-state index contributed by atoms with van der Waals surface area (Å²) in [4.78, 5) is 10.2. The van der Waals surface area contributed by atoms with Gasteiger partial charge in [0, 0.05) is 0 Å². The number of aliphatic hydroxyl groups is 1. The summed E-state index contributed by atoms with van der Waals surface area (Å²) in [6, 6.07) is -0.232. The minimum absolute atomic E-state index is 0.0598. The topological polar surface area (TPSA) is 55.8 Å². The van der Waals surface area contributed by atoms with Gasteiger partial charge in [0.05, 0.1) is 6.61 Å². The van der Waals surface area contributed by atoms with Crippen molar-refractivity contribution >= 4 is 17.8 Å². The van der Waals surface area contributed by atoms with Gasteiger partial charge in [-0.3, -0.25) is 0 Å². The van der Waals surface area contributed by atoms with Crippen molar-refractivity contribution in [3.8, 4) is 0 Å². The fraction of sp³-hybridized carbons (Fsp3) is 0.750. The smallest absolute Gasteiger partial charge is 0.432 e. The standard InChI is InChI=1S/C4H7ClO4/c5-3-9-4(7)8-2-1-6/h6H,1-3H2. The predicted octanol–water partition coefficient (Wildman–Crippen LogP) is 0.328. The van der Waals surface area contributed by atoms with E-state index in [1.807, 2.05) is 0 Å². The maximum atomic E-state index is 10.2. The number of halogens is 1. The van der Waals surface area contributed by atoms with E-state index >= 15 is 0 Å². The van der Waals surface area contributed by atoms with Gasteiger partial charge in [0.2, 0.25) is 0 Å². The predicted molar refractivity (Wildman–Crippen MR) is 30.2 cm³/mol. The van der Waals surface area contributed by atoms with Gasteiger partial charge in [-0.2, -0.15) is 0 Å². The van der Waals surface area contributed by atoms with Crippen LogP contribution in [0.15, 0.2) is 0 Å². The molecule has 9 heavy (non-hydrogen) atoms. The molecule has 1 N–H and O–H groups in total. The summed E-state index contributed by atoms with van der Waals surface area (Å²) >= 11 is 4.99. The van der Waals surface area contributed by atoms with Crippen LogP contribution in [0.4, 0.5) is 4.79 Å². The molecule has 0 atom stereocenters. The lowest BCUT2D eigenvalue weighted by Gasteiger charge is -1.99. The summed E-state index contributed by atoms with van der Waals surface area (Å²) in [5.41, 5.74) is 0. The summed E-state index contributed by atoms with van der Waals surface area (Å²) in [5.74, 6) is 0. The average Bonchev–Trinajstić information content (AvgIpc) is 1.85. The first-order valence-electron chi connectivity index (χ1n) is 2.27. The van der Waals surface area contributed by atoms with Crippen LogP contribution in [0.1, 0.15) is 0 Å². The highest BCUT2D eigenvalue weighted by molar-refractivity contribution is 6.17. The quantitative estimate of drug-likeness (QED) is 0.470. The zero-order valence-electron chi connectivity index (χ0n) is 4.67. The number of hydrogen-bond donors (Lipinski definition) is 1. The summed E-state index contributed by atoms with van der Waals surface area (Å²) < 4.78 is 8.37. The lowest BCUT2D eigenvalue weighted by molar-refractivity contribution is 0.0542. The molecule has 0 aliphatic carbocycles. The number of hydrogen-bond acceptors (Lipinski definition) is 4. The highest BCUT2D eigenvalue weighted by atomic mass is 35.5. The zero-order valence-corrected chi connectivity index (χ0v) is 5.43. The maximum Gasteiger partial charge on any atom is 0.509 e. The second-order valence-electron chi connectivity index (χ2n) is 1.08.